The summed E-state index contributed by atoms with van der Waals surface area (Å²) in [5.74, 6) is -3.15. The number of amides is 2. The molecule has 0 saturated heterocycles. The molecule has 1 aromatic heterocycles. The smallest absolute Gasteiger partial charge is 0.424 e. The number of carbonyl (C=O) groups excluding carboxylic acids is 3. The fourth-order valence-electron chi connectivity index (χ4n) is 6.53. The van der Waals surface area contributed by atoms with Gasteiger partial charge in [-0.2, -0.15) is 0 Å². The average molecular weight is 744 g/mol. The average Bonchev–Trinajstić information content (AvgIpc) is 3.69. The van der Waals surface area contributed by atoms with Gasteiger partial charge in [0.05, 0.1) is 44.9 Å². The number of carboxylic acid groups (broad SMARTS) is 1. The van der Waals surface area contributed by atoms with Crippen molar-refractivity contribution in [3.63, 3.8) is 0 Å². The van der Waals surface area contributed by atoms with E-state index in [1.165, 1.54) is 5.01 Å². The van der Waals surface area contributed by atoms with Crippen molar-refractivity contribution in [1.82, 2.24) is 19.9 Å². The van der Waals surface area contributed by atoms with Crippen LogP contribution >= 0.6 is 0 Å². The van der Waals surface area contributed by atoms with Gasteiger partial charge < -0.3 is 39.7 Å². The molecule has 288 valence electrons. The van der Waals surface area contributed by atoms with Gasteiger partial charge in [0, 0.05) is 56.5 Å². The van der Waals surface area contributed by atoms with Crippen LogP contribution in [0.5, 0.6) is 0 Å². The third-order valence-electron chi connectivity index (χ3n) is 9.42. The lowest BCUT2D eigenvalue weighted by Gasteiger charge is -2.28. The number of nitrogens with zero attached hydrogens (tertiary/aromatic N) is 3. The lowest BCUT2D eigenvalue weighted by atomic mass is 9.98. The van der Waals surface area contributed by atoms with Gasteiger partial charge in [0.15, 0.2) is 6.73 Å². The fraction of sp³-hybridized carbons (Fsp3) is 0.400. The van der Waals surface area contributed by atoms with Crippen molar-refractivity contribution in [2.24, 2.45) is 11.7 Å². The molecule has 14 nitrogen and oxygen atoms in total. The van der Waals surface area contributed by atoms with Gasteiger partial charge in [-0.3, -0.25) is 14.4 Å². The van der Waals surface area contributed by atoms with Crippen LogP contribution in [0.3, 0.4) is 0 Å². The van der Waals surface area contributed by atoms with Gasteiger partial charge in [0.2, 0.25) is 5.91 Å². The standard InChI is InChI=1S/C40H49N5O9/c1-43(44(2)40(50)53-26-35-33-12-6-4-10-31(33)32-11-5-7-13-34(32)35)25-30-23-28-9-3-8-14-36(28)45(30)27-54-38(48)24-29(15-16-37(46)47)39(49)42-18-20-52-22-21-51-19-17-41/h3-14,23,29,35H,15-22,24-27,41H2,1-2H3,(H,42,49)(H,46,47)/t29-/m1/s1. The Balaban J connectivity index is 1.17. The van der Waals surface area contributed by atoms with Crippen LogP contribution in [0.4, 0.5) is 4.79 Å². The summed E-state index contributed by atoms with van der Waals surface area (Å²) in [5, 5.41) is 16.0. The number of hydrogen-bond acceptors (Lipinski definition) is 10. The molecule has 0 fully saturated rings. The summed E-state index contributed by atoms with van der Waals surface area (Å²) in [4.78, 5) is 50.7. The zero-order chi connectivity index (χ0) is 38.5. The molecule has 54 heavy (non-hydrogen) atoms. The highest BCUT2D eigenvalue weighted by atomic mass is 16.6. The Morgan fingerprint density at radius 2 is 1.52 bits per heavy atom. The Bertz CT molecular complexity index is 1850. The number of rotatable bonds is 21. The van der Waals surface area contributed by atoms with Gasteiger partial charge in [-0.1, -0.05) is 66.7 Å². The van der Waals surface area contributed by atoms with E-state index >= 15 is 0 Å². The van der Waals surface area contributed by atoms with Gasteiger partial charge in [-0.15, -0.1) is 0 Å². The first kappa shape index (κ1) is 39.9. The molecule has 1 aliphatic rings. The van der Waals surface area contributed by atoms with Gasteiger partial charge in [-0.05, 0) is 40.8 Å². The molecule has 0 radical (unpaired) electrons. The summed E-state index contributed by atoms with van der Waals surface area (Å²) in [6.45, 7) is 2.28. The number of hydrazine groups is 1. The van der Waals surface area contributed by atoms with Crippen LogP contribution in [0.25, 0.3) is 22.0 Å². The normalized spacial score (nSPS) is 12.7. The minimum atomic E-state index is -1.07. The van der Waals surface area contributed by atoms with Crippen LogP contribution in [0, 0.1) is 5.92 Å². The van der Waals surface area contributed by atoms with Crippen LogP contribution < -0.4 is 11.1 Å². The summed E-state index contributed by atoms with van der Waals surface area (Å²) >= 11 is 0. The zero-order valence-corrected chi connectivity index (χ0v) is 30.8. The SMILES string of the molecule is CN(Cc1cc2ccccc2n1COC(=O)C[C@@H](CCC(=O)O)C(=O)NCCOCCOCCN)N(C)C(=O)OCC1c2ccccc2-c2ccccc21. The maximum Gasteiger partial charge on any atom is 0.424 e. The molecule has 0 bridgehead atoms. The Kier molecular flexibility index (Phi) is 14.6. The Hall–Kier alpha value is -5.28. The van der Waals surface area contributed by atoms with Crippen LogP contribution in [0.1, 0.15) is 42.0 Å². The Labute approximate surface area is 314 Å². The van der Waals surface area contributed by atoms with Gasteiger partial charge >= 0.3 is 18.0 Å². The van der Waals surface area contributed by atoms with E-state index in [4.69, 9.17) is 24.7 Å². The first-order chi connectivity index (χ1) is 26.2. The van der Waals surface area contributed by atoms with E-state index in [0.29, 0.717) is 26.4 Å². The molecule has 4 N–H and O–H groups in total. The van der Waals surface area contributed by atoms with Crippen molar-refractivity contribution >= 4 is 34.8 Å². The third-order valence-corrected chi connectivity index (χ3v) is 9.42. The zero-order valence-electron chi connectivity index (χ0n) is 30.8. The molecular weight excluding hydrogens is 694 g/mol. The highest BCUT2D eigenvalue weighted by molar-refractivity contribution is 5.85. The van der Waals surface area contributed by atoms with Crippen LogP contribution in [-0.4, -0.2) is 104 Å². The van der Waals surface area contributed by atoms with E-state index in [-0.39, 0.29) is 58.2 Å². The first-order valence-electron chi connectivity index (χ1n) is 18.1. The number of carbonyl (C=O) groups is 4. The Morgan fingerprint density at radius 3 is 2.20 bits per heavy atom. The van der Waals surface area contributed by atoms with Gasteiger partial charge in [-0.25, -0.2) is 14.8 Å². The van der Waals surface area contributed by atoms with Gasteiger partial charge in [0.25, 0.3) is 0 Å². The van der Waals surface area contributed by atoms with E-state index in [1.54, 1.807) is 19.1 Å². The molecule has 1 aliphatic carbocycles. The number of nitrogens with one attached hydrogen (secondary N) is 1. The molecule has 4 aromatic rings. The highest BCUT2D eigenvalue weighted by Gasteiger charge is 2.30. The molecule has 14 heteroatoms. The summed E-state index contributed by atoms with van der Waals surface area (Å²) in [7, 11) is 3.40. The van der Waals surface area contributed by atoms with Crippen molar-refractivity contribution in [3.05, 3.63) is 95.7 Å². The van der Waals surface area contributed by atoms with Crippen molar-refractivity contribution in [3.8, 4) is 11.1 Å². The minimum Gasteiger partial charge on any atom is -0.481 e. The molecule has 0 aliphatic heterocycles. The topological polar surface area (TPSA) is 175 Å². The first-order valence-corrected chi connectivity index (χ1v) is 18.1. The number of para-hydroxylation sites is 1. The van der Waals surface area contributed by atoms with Crippen molar-refractivity contribution in [2.75, 3.05) is 60.2 Å². The maximum atomic E-state index is 13.3. The number of nitrogens with two attached hydrogens (primary N) is 1. The quantitative estimate of drug-likeness (QED) is 0.0629. The molecule has 5 rings (SSSR count). The maximum absolute atomic E-state index is 13.3. The number of ether oxygens (including phenoxy) is 4. The van der Waals surface area contributed by atoms with Crippen molar-refractivity contribution < 1.29 is 43.2 Å². The van der Waals surface area contributed by atoms with E-state index in [2.05, 4.69) is 29.6 Å². The molecule has 1 atom stereocenters. The number of aromatic nitrogens is 1. The second-order valence-electron chi connectivity index (χ2n) is 13.0. The van der Waals surface area contributed by atoms with E-state index in [1.807, 2.05) is 59.2 Å². The minimum absolute atomic E-state index is 0.0330. The second kappa shape index (κ2) is 19.7. The monoisotopic (exact) mass is 743 g/mol. The molecule has 0 unspecified atom stereocenters. The van der Waals surface area contributed by atoms with E-state index in [0.717, 1.165) is 38.9 Å². The molecule has 0 spiro atoms. The molecule has 0 saturated carbocycles. The number of benzene rings is 3. The van der Waals surface area contributed by atoms with Crippen LogP contribution in [0.2, 0.25) is 0 Å². The number of carboxylic acids is 1. The molecule has 1 heterocycles. The summed E-state index contributed by atoms with van der Waals surface area (Å²) in [6, 6.07) is 25.9. The number of fused-ring (bicyclic) bond motifs is 4. The fourth-order valence-corrected chi connectivity index (χ4v) is 6.53. The summed E-state index contributed by atoms with van der Waals surface area (Å²) < 4.78 is 24.0. The summed E-state index contributed by atoms with van der Waals surface area (Å²) in [6.07, 6.45) is -1.13. The second-order valence-corrected chi connectivity index (χ2v) is 13.0. The molecule has 2 amide bonds. The number of hydrogen-bond donors (Lipinski definition) is 3. The van der Waals surface area contributed by atoms with Gasteiger partial charge in [0.1, 0.15) is 6.61 Å². The predicted molar refractivity (Wildman–Crippen MR) is 201 cm³/mol. The highest BCUT2D eigenvalue weighted by Crippen LogP contribution is 2.44. The van der Waals surface area contributed by atoms with E-state index < -0.39 is 29.9 Å². The molecule has 3 aromatic carbocycles. The van der Waals surface area contributed by atoms with Crippen molar-refractivity contribution in [1.29, 1.82) is 0 Å². The number of aliphatic carboxylic acids is 1. The summed E-state index contributed by atoms with van der Waals surface area (Å²) in [5.41, 5.74) is 11.5. The van der Waals surface area contributed by atoms with Crippen molar-refractivity contribution in [2.45, 2.75) is 38.5 Å². The number of esters is 1. The van der Waals surface area contributed by atoms with E-state index in [9.17, 15) is 24.3 Å². The third kappa shape index (κ3) is 10.4. The lowest BCUT2D eigenvalue weighted by molar-refractivity contribution is -0.151. The predicted octanol–water partition coefficient (Wildman–Crippen LogP) is 4.35. The lowest BCUT2D eigenvalue weighted by Crippen LogP contribution is -2.41. The largest absolute Gasteiger partial charge is 0.481 e. The van der Waals surface area contributed by atoms with Crippen LogP contribution in [-0.2, 0) is 46.6 Å². The molecular formula is C40H49N5O9. The Morgan fingerprint density at radius 1 is 0.870 bits per heavy atom. The van der Waals surface area contributed by atoms with Crippen LogP contribution in [0.15, 0.2) is 78.9 Å².